The summed E-state index contributed by atoms with van der Waals surface area (Å²) in [6.07, 6.45) is 3.55. The molecule has 2 aromatic rings. The van der Waals surface area contributed by atoms with Gasteiger partial charge in [0.2, 0.25) is 0 Å². The van der Waals surface area contributed by atoms with Crippen molar-refractivity contribution < 1.29 is 14.3 Å². The van der Waals surface area contributed by atoms with Crippen molar-refractivity contribution in [2.75, 3.05) is 19.6 Å². The van der Waals surface area contributed by atoms with E-state index in [1.54, 1.807) is 11.4 Å². The maximum atomic E-state index is 12.5. The molecule has 1 atom stereocenters. The number of amides is 1. The molecular formula is C17H18ClN3O3S. The van der Waals surface area contributed by atoms with Crippen molar-refractivity contribution in [1.29, 1.82) is 0 Å². The number of carbonyl (C=O) groups excluding carboxylic acids is 2. The van der Waals surface area contributed by atoms with Gasteiger partial charge in [0.25, 0.3) is 5.91 Å². The summed E-state index contributed by atoms with van der Waals surface area (Å²) in [6, 6.07) is 1.80. The van der Waals surface area contributed by atoms with E-state index in [4.69, 9.17) is 16.3 Å². The number of nitrogens with one attached hydrogen (secondary N) is 2. The van der Waals surface area contributed by atoms with Crippen LogP contribution in [0.3, 0.4) is 0 Å². The molecule has 0 saturated carbocycles. The molecule has 6 nitrogen and oxygen atoms in total. The van der Waals surface area contributed by atoms with E-state index in [2.05, 4.69) is 15.6 Å². The standard InChI is InChI=1S/C17H18ClN3O3S/c18-10-5-13-14(20-7-10)12(9-25-13)15(22)21-8-11-6-17(16(23)24-11)1-3-19-4-2-17/h5,7,9,11,19H,1-4,6,8H2,(H,21,22). The Morgan fingerprint density at radius 2 is 2.28 bits per heavy atom. The number of hydrogen-bond acceptors (Lipinski definition) is 6. The molecule has 8 heteroatoms. The molecule has 2 saturated heterocycles. The van der Waals surface area contributed by atoms with Gasteiger partial charge in [-0.1, -0.05) is 11.6 Å². The van der Waals surface area contributed by atoms with E-state index in [-0.39, 0.29) is 23.4 Å². The number of piperidine rings is 1. The summed E-state index contributed by atoms with van der Waals surface area (Å²) in [6.45, 7) is 2.00. The van der Waals surface area contributed by atoms with E-state index in [0.29, 0.717) is 29.1 Å². The Labute approximate surface area is 153 Å². The highest BCUT2D eigenvalue weighted by molar-refractivity contribution is 7.17. The quantitative estimate of drug-likeness (QED) is 0.800. The zero-order chi connectivity index (χ0) is 17.4. The van der Waals surface area contributed by atoms with Gasteiger partial charge in [0.1, 0.15) is 6.10 Å². The third-order valence-corrected chi connectivity index (χ3v) is 6.12. The maximum absolute atomic E-state index is 12.5. The number of cyclic esters (lactones) is 1. The monoisotopic (exact) mass is 379 g/mol. The summed E-state index contributed by atoms with van der Waals surface area (Å²) in [4.78, 5) is 29.0. The Balaban J connectivity index is 1.41. The predicted octanol–water partition coefficient (Wildman–Crippen LogP) is 2.36. The molecule has 25 heavy (non-hydrogen) atoms. The van der Waals surface area contributed by atoms with Crippen molar-refractivity contribution in [1.82, 2.24) is 15.6 Å². The number of fused-ring (bicyclic) bond motifs is 1. The van der Waals surface area contributed by atoms with Crippen LogP contribution >= 0.6 is 22.9 Å². The smallest absolute Gasteiger partial charge is 0.312 e. The Morgan fingerprint density at radius 3 is 3.08 bits per heavy atom. The lowest BCUT2D eigenvalue weighted by Gasteiger charge is -2.29. The van der Waals surface area contributed by atoms with Gasteiger partial charge in [-0.05, 0) is 32.0 Å². The number of rotatable bonds is 3. The molecule has 2 aromatic heterocycles. The van der Waals surface area contributed by atoms with Gasteiger partial charge in [-0.25, -0.2) is 0 Å². The van der Waals surface area contributed by atoms with Crippen LogP contribution in [0, 0.1) is 5.41 Å². The number of ether oxygens (including phenoxy) is 1. The summed E-state index contributed by atoms with van der Waals surface area (Å²) in [5, 5.41) is 8.47. The molecule has 4 rings (SSSR count). The van der Waals surface area contributed by atoms with Gasteiger partial charge in [0.05, 0.1) is 32.8 Å². The molecule has 4 heterocycles. The SMILES string of the molecule is O=C(NCC1CC2(CCNCC2)C(=O)O1)c1csc2cc(Cl)cnc12. The average Bonchev–Trinajstić information content (AvgIpc) is 3.15. The van der Waals surface area contributed by atoms with Gasteiger partial charge < -0.3 is 15.4 Å². The van der Waals surface area contributed by atoms with E-state index in [1.807, 2.05) is 0 Å². The second-order valence-electron chi connectivity index (χ2n) is 6.62. The number of pyridine rings is 1. The van der Waals surface area contributed by atoms with Crippen LogP contribution in [0.2, 0.25) is 5.02 Å². The van der Waals surface area contributed by atoms with Crippen molar-refractivity contribution in [2.45, 2.75) is 25.4 Å². The minimum absolute atomic E-state index is 0.120. The molecule has 1 unspecified atom stereocenters. The normalized spacial score (nSPS) is 22.3. The summed E-state index contributed by atoms with van der Waals surface area (Å²) < 4.78 is 6.39. The van der Waals surface area contributed by atoms with Crippen molar-refractivity contribution in [3.05, 3.63) is 28.2 Å². The highest BCUT2D eigenvalue weighted by Gasteiger charge is 2.49. The highest BCUT2D eigenvalue weighted by atomic mass is 35.5. The number of carbonyl (C=O) groups is 2. The fourth-order valence-corrected chi connectivity index (χ4v) is 4.77. The van der Waals surface area contributed by atoms with Crippen LogP contribution in [-0.4, -0.2) is 42.6 Å². The molecule has 2 N–H and O–H groups in total. The number of esters is 1. The molecule has 1 spiro atoms. The summed E-state index contributed by atoms with van der Waals surface area (Å²) in [7, 11) is 0. The molecule has 0 radical (unpaired) electrons. The number of aromatic nitrogens is 1. The first kappa shape index (κ1) is 16.8. The Bertz CT molecular complexity index is 832. The summed E-state index contributed by atoms with van der Waals surface area (Å²) in [5.74, 6) is -0.325. The minimum atomic E-state index is -0.367. The van der Waals surface area contributed by atoms with Crippen molar-refractivity contribution in [2.24, 2.45) is 5.41 Å². The van der Waals surface area contributed by atoms with Crippen LogP contribution in [0.5, 0.6) is 0 Å². The molecular weight excluding hydrogens is 362 g/mol. The van der Waals surface area contributed by atoms with Gasteiger partial charge in [-0.3, -0.25) is 14.6 Å². The summed E-state index contributed by atoms with van der Waals surface area (Å²) >= 11 is 7.36. The van der Waals surface area contributed by atoms with Gasteiger partial charge in [-0.15, -0.1) is 11.3 Å². The molecule has 2 aliphatic heterocycles. The second-order valence-corrected chi connectivity index (χ2v) is 7.97. The fraction of sp³-hybridized carbons (Fsp3) is 0.471. The number of thiophene rings is 1. The van der Waals surface area contributed by atoms with Crippen molar-refractivity contribution in [3.8, 4) is 0 Å². The third-order valence-electron chi connectivity index (χ3n) is 5.00. The van der Waals surface area contributed by atoms with Crippen LogP contribution in [-0.2, 0) is 9.53 Å². The molecule has 2 aliphatic rings. The van der Waals surface area contributed by atoms with Gasteiger partial charge in [-0.2, -0.15) is 0 Å². The van der Waals surface area contributed by atoms with Crippen LogP contribution < -0.4 is 10.6 Å². The Morgan fingerprint density at radius 1 is 1.48 bits per heavy atom. The van der Waals surface area contributed by atoms with Crippen LogP contribution in [0.15, 0.2) is 17.6 Å². The van der Waals surface area contributed by atoms with E-state index >= 15 is 0 Å². The van der Waals surface area contributed by atoms with E-state index < -0.39 is 0 Å². The van der Waals surface area contributed by atoms with Gasteiger partial charge >= 0.3 is 5.97 Å². The van der Waals surface area contributed by atoms with Gasteiger partial charge in [0, 0.05) is 18.0 Å². The number of nitrogens with zero attached hydrogens (tertiary/aromatic N) is 1. The molecule has 0 aliphatic carbocycles. The van der Waals surface area contributed by atoms with Crippen LogP contribution in [0.4, 0.5) is 0 Å². The first-order chi connectivity index (χ1) is 12.1. The highest BCUT2D eigenvalue weighted by Crippen LogP contribution is 2.41. The largest absolute Gasteiger partial charge is 0.460 e. The number of halogens is 1. The second kappa shape index (κ2) is 6.55. The molecule has 0 bridgehead atoms. The van der Waals surface area contributed by atoms with Crippen LogP contribution in [0.1, 0.15) is 29.6 Å². The zero-order valence-electron chi connectivity index (χ0n) is 13.5. The fourth-order valence-electron chi connectivity index (χ4n) is 3.62. The minimum Gasteiger partial charge on any atom is -0.460 e. The molecule has 1 amide bonds. The van der Waals surface area contributed by atoms with E-state index in [1.165, 1.54) is 17.5 Å². The average molecular weight is 380 g/mol. The Kier molecular flexibility index (Phi) is 4.39. The van der Waals surface area contributed by atoms with Crippen molar-refractivity contribution in [3.63, 3.8) is 0 Å². The first-order valence-corrected chi connectivity index (χ1v) is 9.56. The summed E-state index contributed by atoms with van der Waals surface area (Å²) in [5.41, 5.74) is 0.802. The van der Waals surface area contributed by atoms with E-state index in [0.717, 1.165) is 30.6 Å². The zero-order valence-corrected chi connectivity index (χ0v) is 15.1. The Hall–Kier alpha value is -1.70. The van der Waals surface area contributed by atoms with Crippen LogP contribution in [0.25, 0.3) is 10.2 Å². The third kappa shape index (κ3) is 3.12. The lowest BCUT2D eigenvalue weighted by molar-refractivity contribution is -0.149. The van der Waals surface area contributed by atoms with Crippen molar-refractivity contribution >= 4 is 45.0 Å². The topological polar surface area (TPSA) is 80.3 Å². The number of hydrogen-bond donors (Lipinski definition) is 2. The lowest BCUT2D eigenvalue weighted by Crippen LogP contribution is -2.39. The van der Waals surface area contributed by atoms with E-state index in [9.17, 15) is 9.59 Å². The van der Waals surface area contributed by atoms with Gasteiger partial charge in [0.15, 0.2) is 0 Å². The predicted molar refractivity (Wildman–Crippen MR) is 96.0 cm³/mol. The molecule has 2 fully saturated rings. The maximum Gasteiger partial charge on any atom is 0.312 e. The first-order valence-electron chi connectivity index (χ1n) is 8.30. The lowest BCUT2D eigenvalue weighted by atomic mass is 9.76. The molecule has 0 aromatic carbocycles. The molecule has 132 valence electrons.